The van der Waals surface area contributed by atoms with E-state index in [9.17, 15) is 14.9 Å². The number of hydrogen-bond donors (Lipinski definition) is 0. The van der Waals surface area contributed by atoms with Gasteiger partial charge in [-0.05, 0) is 24.1 Å². The number of fused-ring (bicyclic) bond motifs is 1. The van der Waals surface area contributed by atoms with Gasteiger partial charge in [-0.3, -0.25) is 14.9 Å². The van der Waals surface area contributed by atoms with Crippen molar-refractivity contribution in [3.8, 4) is 17.2 Å². The van der Waals surface area contributed by atoms with Crippen molar-refractivity contribution < 1.29 is 23.9 Å². The summed E-state index contributed by atoms with van der Waals surface area (Å²) >= 11 is 0. The molecule has 2 aromatic rings. The second kappa shape index (κ2) is 6.91. The lowest BCUT2D eigenvalue weighted by Crippen LogP contribution is -2.29. The van der Waals surface area contributed by atoms with Crippen molar-refractivity contribution >= 4 is 17.3 Å². The Morgan fingerprint density at radius 3 is 2.27 bits per heavy atom. The zero-order valence-corrected chi connectivity index (χ0v) is 14.6. The predicted molar refractivity (Wildman–Crippen MR) is 94.6 cm³/mol. The first kappa shape index (κ1) is 17.5. The lowest BCUT2D eigenvalue weighted by molar-refractivity contribution is -0.384. The summed E-state index contributed by atoms with van der Waals surface area (Å²) < 4.78 is 15.8. The minimum Gasteiger partial charge on any atom is -0.493 e. The van der Waals surface area contributed by atoms with Crippen molar-refractivity contribution in [2.24, 2.45) is 0 Å². The molecule has 0 unspecified atom stereocenters. The van der Waals surface area contributed by atoms with Gasteiger partial charge in [0, 0.05) is 24.2 Å². The predicted octanol–water partition coefficient (Wildman–Crippen LogP) is 2.82. The standard InChI is InChI=1S/C18H18N2O6/c1-24-15-8-12(9-16(25-2)17(15)26-3)18(21)19-7-6-11-4-5-13(20(22)23)10-14(11)19/h4-5,8-10H,6-7H2,1-3H3. The number of anilines is 1. The largest absolute Gasteiger partial charge is 0.493 e. The number of nitrogens with zero attached hydrogens (tertiary/aromatic N) is 2. The molecule has 1 aliphatic rings. The molecular formula is C18H18N2O6. The van der Waals surface area contributed by atoms with Gasteiger partial charge < -0.3 is 19.1 Å². The summed E-state index contributed by atoms with van der Waals surface area (Å²) in [6.45, 7) is 0.450. The molecule has 0 saturated heterocycles. The van der Waals surface area contributed by atoms with Crippen LogP contribution >= 0.6 is 0 Å². The lowest BCUT2D eigenvalue weighted by Gasteiger charge is -2.19. The highest BCUT2D eigenvalue weighted by atomic mass is 16.6. The van der Waals surface area contributed by atoms with Gasteiger partial charge in [-0.25, -0.2) is 0 Å². The maximum atomic E-state index is 13.0. The molecule has 0 bridgehead atoms. The number of methoxy groups -OCH3 is 3. The molecule has 0 radical (unpaired) electrons. The Balaban J connectivity index is 2.02. The molecule has 0 fully saturated rings. The number of rotatable bonds is 5. The number of hydrogen-bond acceptors (Lipinski definition) is 6. The van der Waals surface area contributed by atoms with E-state index in [1.165, 1.54) is 38.4 Å². The highest BCUT2D eigenvalue weighted by Crippen LogP contribution is 2.39. The molecule has 0 spiro atoms. The number of ether oxygens (including phenoxy) is 3. The van der Waals surface area contributed by atoms with Gasteiger partial charge >= 0.3 is 0 Å². The van der Waals surface area contributed by atoms with Crippen LogP contribution in [-0.2, 0) is 6.42 Å². The zero-order valence-electron chi connectivity index (χ0n) is 14.6. The Morgan fingerprint density at radius 1 is 1.08 bits per heavy atom. The summed E-state index contributed by atoms with van der Waals surface area (Å²) in [5.74, 6) is 0.842. The van der Waals surface area contributed by atoms with Gasteiger partial charge in [0.05, 0.1) is 31.9 Å². The van der Waals surface area contributed by atoms with Gasteiger partial charge in [0.25, 0.3) is 11.6 Å². The van der Waals surface area contributed by atoms with Gasteiger partial charge in [-0.2, -0.15) is 0 Å². The fourth-order valence-corrected chi connectivity index (χ4v) is 3.05. The van der Waals surface area contributed by atoms with Crippen LogP contribution in [0.3, 0.4) is 0 Å². The highest BCUT2D eigenvalue weighted by Gasteiger charge is 2.29. The maximum absolute atomic E-state index is 13.0. The first-order chi connectivity index (χ1) is 12.5. The van der Waals surface area contributed by atoms with Gasteiger partial charge in [-0.15, -0.1) is 0 Å². The highest BCUT2D eigenvalue weighted by molar-refractivity contribution is 6.08. The van der Waals surface area contributed by atoms with Crippen LogP contribution in [0.5, 0.6) is 17.2 Å². The lowest BCUT2D eigenvalue weighted by atomic mass is 10.1. The van der Waals surface area contributed by atoms with Crippen molar-refractivity contribution in [3.05, 3.63) is 51.6 Å². The summed E-state index contributed by atoms with van der Waals surface area (Å²) in [5.41, 5.74) is 1.75. The molecule has 136 valence electrons. The van der Waals surface area contributed by atoms with E-state index in [-0.39, 0.29) is 11.6 Å². The number of nitro groups is 1. The molecule has 0 aromatic heterocycles. The van der Waals surface area contributed by atoms with Crippen molar-refractivity contribution in [2.75, 3.05) is 32.8 Å². The van der Waals surface area contributed by atoms with Crippen LogP contribution in [0.15, 0.2) is 30.3 Å². The molecule has 8 nitrogen and oxygen atoms in total. The van der Waals surface area contributed by atoms with E-state index in [0.717, 1.165) is 5.56 Å². The molecule has 0 saturated carbocycles. The Morgan fingerprint density at radius 2 is 1.73 bits per heavy atom. The first-order valence-electron chi connectivity index (χ1n) is 7.89. The smallest absolute Gasteiger partial charge is 0.271 e. The normalized spacial score (nSPS) is 12.5. The van der Waals surface area contributed by atoms with Gasteiger partial charge in [0.1, 0.15) is 0 Å². The quantitative estimate of drug-likeness (QED) is 0.603. The average Bonchev–Trinajstić information content (AvgIpc) is 3.09. The number of carbonyl (C=O) groups is 1. The molecule has 0 atom stereocenters. The van der Waals surface area contributed by atoms with Crippen LogP contribution < -0.4 is 19.1 Å². The topological polar surface area (TPSA) is 91.1 Å². The third-order valence-corrected chi connectivity index (χ3v) is 4.33. The van der Waals surface area contributed by atoms with Crippen molar-refractivity contribution in [3.63, 3.8) is 0 Å². The summed E-state index contributed by atoms with van der Waals surface area (Å²) in [4.78, 5) is 25.1. The number of non-ortho nitro benzene ring substituents is 1. The SMILES string of the molecule is COc1cc(C(=O)N2CCc3ccc([N+](=O)[O-])cc32)cc(OC)c1OC. The van der Waals surface area contributed by atoms with E-state index in [1.807, 2.05) is 0 Å². The Bertz CT molecular complexity index is 855. The van der Waals surface area contributed by atoms with Gasteiger partial charge in [-0.1, -0.05) is 6.07 Å². The monoisotopic (exact) mass is 358 g/mol. The summed E-state index contributed by atoms with van der Waals surface area (Å²) in [7, 11) is 4.43. The second-order valence-electron chi connectivity index (χ2n) is 5.69. The first-order valence-corrected chi connectivity index (χ1v) is 7.89. The Hall–Kier alpha value is -3.29. The van der Waals surface area contributed by atoms with Gasteiger partial charge in [0.15, 0.2) is 11.5 Å². The van der Waals surface area contributed by atoms with E-state index in [0.29, 0.717) is 41.5 Å². The molecule has 0 aliphatic carbocycles. The Kier molecular flexibility index (Phi) is 4.66. The van der Waals surface area contributed by atoms with E-state index in [1.54, 1.807) is 18.2 Å². The minimum atomic E-state index is -0.472. The second-order valence-corrected chi connectivity index (χ2v) is 5.69. The molecule has 1 heterocycles. The molecular weight excluding hydrogens is 340 g/mol. The zero-order chi connectivity index (χ0) is 18.8. The van der Waals surface area contributed by atoms with E-state index in [4.69, 9.17) is 14.2 Å². The fraction of sp³-hybridized carbons (Fsp3) is 0.278. The number of nitro benzene ring substituents is 1. The van der Waals surface area contributed by atoms with Crippen molar-refractivity contribution in [1.82, 2.24) is 0 Å². The van der Waals surface area contributed by atoms with E-state index >= 15 is 0 Å². The van der Waals surface area contributed by atoms with Crippen LogP contribution in [-0.4, -0.2) is 38.7 Å². The molecule has 0 N–H and O–H groups in total. The molecule has 3 rings (SSSR count). The van der Waals surface area contributed by atoms with E-state index in [2.05, 4.69) is 0 Å². The average molecular weight is 358 g/mol. The van der Waals surface area contributed by atoms with Crippen molar-refractivity contribution in [1.29, 1.82) is 0 Å². The summed E-state index contributed by atoms with van der Waals surface area (Å²) in [6, 6.07) is 7.71. The summed E-state index contributed by atoms with van der Waals surface area (Å²) in [6.07, 6.45) is 0.642. The van der Waals surface area contributed by atoms with Crippen LogP contribution in [0.1, 0.15) is 15.9 Å². The minimum absolute atomic E-state index is 0.0478. The van der Waals surface area contributed by atoms with Crippen LogP contribution in [0.2, 0.25) is 0 Å². The molecule has 8 heteroatoms. The third kappa shape index (κ3) is 2.90. The van der Waals surface area contributed by atoms with Gasteiger partial charge in [0.2, 0.25) is 5.75 Å². The van der Waals surface area contributed by atoms with Crippen LogP contribution in [0.25, 0.3) is 0 Å². The van der Waals surface area contributed by atoms with Crippen LogP contribution in [0, 0.1) is 10.1 Å². The van der Waals surface area contributed by atoms with E-state index < -0.39 is 4.92 Å². The molecule has 2 aromatic carbocycles. The molecule has 1 aliphatic heterocycles. The molecule has 26 heavy (non-hydrogen) atoms. The Labute approximate surface area is 150 Å². The van der Waals surface area contributed by atoms with Crippen molar-refractivity contribution in [2.45, 2.75) is 6.42 Å². The summed E-state index contributed by atoms with van der Waals surface area (Å²) in [5, 5.41) is 11.0. The fourth-order valence-electron chi connectivity index (χ4n) is 3.05. The third-order valence-electron chi connectivity index (χ3n) is 4.33. The maximum Gasteiger partial charge on any atom is 0.271 e. The number of benzene rings is 2. The number of amides is 1. The molecule has 1 amide bonds. The number of carbonyl (C=O) groups excluding carboxylic acids is 1. The van der Waals surface area contributed by atoms with Crippen LogP contribution in [0.4, 0.5) is 11.4 Å².